The number of benzene rings is 3. The summed E-state index contributed by atoms with van der Waals surface area (Å²) in [6.07, 6.45) is -1.28. The minimum absolute atomic E-state index is 0.243. The Balaban J connectivity index is 1.70. The van der Waals surface area contributed by atoms with Crippen molar-refractivity contribution in [1.29, 1.82) is 0 Å². The molecule has 0 spiro atoms. The number of ether oxygens (including phenoxy) is 1. The van der Waals surface area contributed by atoms with Crippen molar-refractivity contribution in [3.63, 3.8) is 0 Å². The number of hydrogen-bond donors (Lipinski definition) is 1. The molecule has 0 unspecified atom stereocenters. The third-order valence-corrected chi connectivity index (χ3v) is 3.93. The Morgan fingerprint density at radius 3 is 2.37 bits per heavy atom. The largest absolute Gasteiger partial charge is 0.449 e. The summed E-state index contributed by atoms with van der Waals surface area (Å²) in [5.41, 5.74) is -0.306. The fraction of sp³-hybridized carbons (Fsp3) is 0.100. The Bertz CT molecular complexity index is 1040. The highest BCUT2D eigenvalue weighted by Crippen LogP contribution is 2.20. The van der Waals surface area contributed by atoms with Crippen LogP contribution in [0.2, 0.25) is 0 Å². The maximum atomic E-state index is 13.6. The molecule has 1 amide bonds. The van der Waals surface area contributed by atoms with Crippen molar-refractivity contribution in [3.8, 4) is 0 Å². The molecule has 3 rings (SSSR count). The number of rotatable bonds is 4. The highest BCUT2D eigenvalue weighted by Gasteiger charge is 2.22. The van der Waals surface area contributed by atoms with Crippen LogP contribution in [0.3, 0.4) is 0 Å². The first-order chi connectivity index (χ1) is 12.9. The molecule has 7 heteroatoms. The predicted molar refractivity (Wildman–Crippen MR) is 93.8 cm³/mol. The van der Waals surface area contributed by atoms with Crippen LogP contribution in [0.25, 0.3) is 10.8 Å². The van der Waals surface area contributed by atoms with Crippen LogP contribution >= 0.6 is 0 Å². The molecule has 0 heterocycles. The van der Waals surface area contributed by atoms with E-state index in [0.717, 1.165) is 16.8 Å². The van der Waals surface area contributed by atoms with Gasteiger partial charge >= 0.3 is 5.97 Å². The van der Waals surface area contributed by atoms with Gasteiger partial charge in [-0.1, -0.05) is 30.3 Å². The van der Waals surface area contributed by atoms with Crippen LogP contribution < -0.4 is 5.32 Å². The first-order valence-corrected chi connectivity index (χ1v) is 8.01. The van der Waals surface area contributed by atoms with E-state index >= 15 is 0 Å². The smallest absolute Gasteiger partial charge is 0.338 e. The number of halogens is 3. The van der Waals surface area contributed by atoms with Crippen molar-refractivity contribution in [1.82, 2.24) is 0 Å². The molecule has 1 N–H and O–H groups in total. The lowest BCUT2D eigenvalue weighted by Gasteiger charge is -2.14. The molecular weight excluding hydrogens is 359 g/mol. The average molecular weight is 373 g/mol. The molecule has 0 aliphatic heterocycles. The molecule has 3 aromatic carbocycles. The zero-order valence-electron chi connectivity index (χ0n) is 14.1. The zero-order chi connectivity index (χ0) is 19.6. The Labute approximate surface area is 152 Å². The Morgan fingerprint density at radius 1 is 0.926 bits per heavy atom. The van der Waals surface area contributed by atoms with Gasteiger partial charge in [0.2, 0.25) is 0 Å². The summed E-state index contributed by atoms with van der Waals surface area (Å²) in [4.78, 5) is 24.3. The van der Waals surface area contributed by atoms with E-state index in [1.165, 1.54) is 6.92 Å². The van der Waals surface area contributed by atoms with Crippen molar-refractivity contribution < 1.29 is 27.5 Å². The number of nitrogens with one attached hydrogen (secondary N) is 1. The lowest BCUT2D eigenvalue weighted by Crippen LogP contribution is -2.30. The van der Waals surface area contributed by atoms with E-state index in [0.29, 0.717) is 6.07 Å². The molecule has 4 nitrogen and oxygen atoms in total. The highest BCUT2D eigenvalue weighted by molar-refractivity contribution is 5.99. The molecule has 0 saturated carbocycles. The normalized spacial score (nSPS) is 11.9. The molecule has 0 bridgehead atoms. The first-order valence-electron chi connectivity index (χ1n) is 8.01. The monoisotopic (exact) mass is 373 g/mol. The van der Waals surface area contributed by atoms with Crippen molar-refractivity contribution in [2.75, 3.05) is 5.32 Å². The number of amides is 1. The molecule has 0 aliphatic carbocycles. The Morgan fingerprint density at radius 2 is 1.63 bits per heavy atom. The summed E-state index contributed by atoms with van der Waals surface area (Å²) in [5.74, 6) is -6.23. The van der Waals surface area contributed by atoms with Gasteiger partial charge in [-0.25, -0.2) is 18.0 Å². The van der Waals surface area contributed by atoms with Crippen molar-refractivity contribution in [3.05, 3.63) is 77.6 Å². The van der Waals surface area contributed by atoms with Gasteiger partial charge in [-0.2, -0.15) is 0 Å². The topological polar surface area (TPSA) is 55.4 Å². The molecule has 1 atom stereocenters. The lowest BCUT2D eigenvalue weighted by atomic mass is 10.1. The summed E-state index contributed by atoms with van der Waals surface area (Å²) < 4.78 is 44.8. The molecule has 0 fully saturated rings. The fourth-order valence-corrected chi connectivity index (χ4v) is 2.46. The van der Waals surface area contributed by atoms with Crippen LogP contribution in [0, 0.1) is 17.5 Å². The van der Waals surface area contributed by atoms with E-state index in [2.05, 4.69) is 5.32 Å². The number of carbonyl (C=O) groups is 2. The molecule has 138 valence electrons. The number of fused-ring (bicyclic) bond motifs is 1. The van der Waals surface area contributed by atoms with Gasteiger partial charge in [-0.15, -0.1) is 0 Å². The van der Waals surface area contributed by atoms with Crippen LogP contribution in [0.5, 0.6) is 0 Å². The molecule has 0 radical (unpaired) electrons. The molecular formula is C20H14F3NO3. The van der Waals surface area contributed by atoms with E-state index in [9.17, 15) is 22.8 Å². The van der Waals surface area contributed by atoms with Crippen LogP contribution in [-0.2, 0) is 9.53 Å². The molecule has 3 aromatic rings. The van der Waals surface area contributed by atoms with Crippen molar-refractivity contribution >= 4 is 28.3 Å². The Hall–Kier alpha value is -3.35. The standard InChI is InChI=1S/C20H14F3NO3/c1-11(19(25)24-16-9-8-15(21)17(22)18(16)23)27-20(26)14-7-6-12-4-2-3-5-13(12)10-14/h2-11H,1H3,(H,24,25)/t11-/m0/s1. The third kappa shape index (κ3) is 3.92. The molecule has 27 heavy (non-hydrogen) atoms. The van der Waals surface area contributed by atoms with Crippen LogP contribution in [0.4, 0.5) is 18.9 Å². The van der Waals surface area contributed by atoms with Crippen LogP contribution in [0.15, 0.2) is 54.6 Å². The second kappa shape index (κ2) is 7.49. The minimum Gasteiger partial charge on any atom is -0.449 e. The molecule has 0 aromatic heterocycles. The summed E-state index contributed by atoms with van der Waals surface area (Å²) >= 11 is 0. The summed E-state index contributed by atoms with van der Waals surface area (Å²) in [6.45, 7) is 1.28. The molecule has 0 saturated heterocycles. The molecule has 0 aliphatic rings. The number of hydrogen-bond acceptors (Lipinski definition) is 3. The zero-order valence-corrected chi connectivity index (χ0v) is 14.1. The van der Waals surface area contributed by atoms with Gasteiger partial charge in [0.05, 0.1) is 11.3 Å². The predicted octanol–water partition coefficient (Wildman–Crippen LogP) is 4.44. The van der Waals surface area contributed by atoms with E-state index in [1.807, 2.05) is 24.3 Å². The van der Waals surface area contributed by atoms with Gasteiger partial charge in [0, 0.05) is 0 Å². The lowest BCUT2D eigenvalue weighted by molar-refractivity contribution is -0.123. The van der Waals surface area contributed by atoms with Gasteiger partial charge in [-0.3, -0.25) is 4.79 Å². The minimum atomic E-state index is -1.70. The van der Waals surface area contributed by atoms with Crippen LogP contribution in [-0.4, -0.2) is 18.0 Å². The average Bonchev–Trinajstić information content (AvgIpc) is 2.67. The van der Waals surface area contributed by atoms with Gasteiger partial charge in [0.15, 0.2) is 23.6 Å². The SMILES string of the molecule is C[C@H](OC(=O)c1ccc2ccccc2c1)C(=O)Nc1ccc(F)c(F)c1F. The quantitative estimate of drug-likeness (QED) is 0.543. The first kappa shape index (κ1) is 18.4. The van der Waals surface area contributed by atoms with Crippen LogP contribution in [0.1, 0.15) is 17.3 Å². The van der Waals surface area contributed by atoms with Crippen molar-refractivity contribution in [2.45, 2.75) is 13.0 Å². The maximum absolute atomic E-state index is 13.6. The Kier molecular flexibility index (Phi) is 5.12. The van der Waals surface area contributed by atoms with Crippen molar-refractivity contribution in [2.24, 2.45) is 0 Å². The van der Waals surface area contributed by atoms with Gasteiger partial charge < -0.3 is 10.1 Å². The van der Waals surface area contributed by atoms with Gasteiger partial charge in [0.25, 0.3) is 5.91 Å². The second-order valence-electron chi connectivity index (χ2n) is 5.82. The number of anilines is 1. The third-order valence-electron chi connectivity index (χ3n) is 3.93. The van der Waals surface area contributed by atoms with E-state index in [-0.39, 0.29) is 5.56 Å². The van der Waals surface area contributed by atoms with Gasteiger partial charge in [0.1, 0.15) is 0 Å². The number of esters is 1. The fourth-order valence-electron chi connectivity index (χ4n) is 2.46. The second-order valence-corrected chi connectivity index (χ2v) is 5.82. The maximum Gasteiger partial charge on any atom is 0.338 e. The van der Waals surface area contributed by atoms with Gasteiger partial charge in [-0.05, 0) is 42.0 Å². The summed E-state index contributed by atoms with van der Waals surface area (Å²) in [7, 11) is 0. The number of carbonyl (C=O) groups excluding carboxylic acids is 2. The van der Waals surface area contributed by atoms with E-state index in [4.69, 9.17) is 4.74 Å². The summed E-state index contributed by atoms with van der Waals surface area (Å²) in [6, 6.07) is 13.9. The van der Waals surface area contributed by atoms with E-state index in [1.54, 1.807) is 18.2 Å². The highest BCUT2D eigenvalue weighted by atomic mass is 19.2. The van der Waals surface area contributed by atoms with E-state index < -0.39 is 41.1 Å². The summed E-state index contributed by atoms with van der Waals surface area (Å²) in [5, 5.41) is 3.83.